The van der Waals surface area contributed by atoms with Crippen molar-refractivity contribution in [3.63, 3.8) is 0 Å². The third kappa shape index (κ3) is 2.09. The first-order chi connectivity index (χ1) is 8.63. The Bertz CT molecular complexity index is 474. The number of fused-ring (bicyclic) bond motifs is 1. The zero-order chi connectivity index (χ0) is 12.7. The van der Waals surface area contributed by atoms with Gasteiger partial charge >= 0.3 is 0 Å². The number of rotatable bonds is 2. The highest BCUT2D eigenvalue weighted by Crippen LogP contribution is 2.39. The van der Waals surface area contributed by atoms with E-state index in [1.807, 2.05) is 19.1 Å². The molecule has 0 spiro atoms. The van der Waals surface area contributed by atoms with Crippen LogP contribution in [0.3, 0.4) is 0 Å². The molecule has 1 saturated heterocycles. The van der Waals surface area contributed by atoms with Gasteiger partial charge in [0.2, 0.25) is 0 Å². The molecule has 3 nitrogen and oxygen atoms in total. The van der Waals surface area contributed by atoms with Crippen LogP contribution in [0.4, 0.5) is 5.82 Å². The molecular weight excluding hydrogens is 242 g/mol. The highest BCUT2D eigenvalue weighted by molar-refractivity contribution is 7.80. The summed E-state index contributed by atoms with van der Waals surface area (Å²) in [7, 11) is 0. The van der Waals surface area contributed by atoms with E-state index in [1.165, 1.54) is 19.3 Å². The molecule has 2 fully saturated rings. The van der Waals surface area contributed by atoms with Gasteiger partial charge in [-0.1, -0.05) is 18.6 Å². The fourth-order valence-corrected chi connectivity index (χ4v) is 3.50. The minimum atomic E-state index is 0.459. The number of thiocarbonyl (C=S) groups is 1. The predicted molar refractivity (Wildman–Crippen MR) is 77.9 cm³/mol. The maximum Gasteiger partial charge on any atom is 0.129 e. The van der Waals surface area contributed by atoms with Gasteiger partial charge in [0.1, 0.15) is 10.8 Å². The van der Waals surface area contributed by atoms with Crippen molar-refractivity contribution in [3.8, 4) is 0 Å². The van der Waals surface area contributed by atoms with Crippen LogP contribution in [0.15, 0.2) is 12.1 Å². The van der Waals surface area contributed by atoms with E-state index in [0.29, 0.717) is 4.99 Å². The predicted octanol–water partition coefficient (Wildman–Crippen LogP) is 2.26. The van der Waals surface area contributed by atoms with Crippen LogP contribution < -0.4 is 10.6 Å². The van der Waals surface area contributed by atoms with Crippen molar-refractivity contribution in [2.45, 2.75) is 26.2 Å². The number of hydrogen-bond acceptors (Lipinski definition) is 3. The summed E-state index contributed by atoms with van der Waals surface area (Å²) in [4.78, 5) is 7.50. The van der Waals surface area contributed by atoms with Gasteiger partial charge in [0.25, 0.3) is 0 Å². The fraction of sp³-hybridized carbons (Fsp3) is 0.571. The molecule has 1 saturated carbocycles. The largest absolute Gasteiger partial charge is 0.389 e. The summed E-state index contributed by atoms with van der Waals surface area (Å²) in [6, 6.07) is 4.00. The first kappa shape index (κ1) is 11.9. The van der Waals surface area contributed by atoms with Gasteiger partial charge < -0.3 is 10.6 Å². The van der Waals surface area contributed by atoms with Crippen LogP contribution in [0.1, 0.15) is 30.5 Å². The van der Waals surface area contributed by atoms with E-state index in [1.54, 1.807) is 0 Å². The van der Waals surface area contributed by atoms with Crippen molar-refractivity contribution in [2.24, 2.45) is 17.6 Å². The molecule has 0 radical (unpaired) electrons. The van der Waals surface area contributed by atoms with E-state index >= 15 is 0 Å². The van der Waals surface area contributed by atoms with Gasteiger partial charge in [-0.15, -0.1) is 0 Å². The van der Waals surface area contributed by atoms with Crippen molar-refractivity contribution >= 4 is 23.0 Å². The third-order valence-corrected chi connectivity index (χ3v) is 4.51. The number of nitrogens with two attached hydrogens (primary N) is 1. The zero-order valence-corrected chi connectivity index (χ0v) is 11.5. The molecule has 4 heteroatoms. The number of aromatic nitrogens is 1. The van der Waals surface area contributed by atoms with E-state index in [2.05, 4.69) is 9.88 Å². The van der Waals surface area contributed by atoms with Crippen LogP contribution in [0.2, 0.25) is 0 Å². The maximum atomic E-state index is 5.73. The van der Waals surface area contributed by atoms with Crippen LogP contribution in [0.25, 0.3) is 0 Å². The molecule has 1 aliphatic carbocycles. The summed E-state index contributed by atoms with van der Waals surface area (Å²) in [6.45, 7) is 4.30. The van der Waals surface area contributed by atoms with E-state index in [0.717, 1.165) is 42.0 Å². The van der Waals surface area contributed by atoms with Gasteiger partial charge in [-0.25, -0.2) is 4.98 Å². The van der Waals surface area contributed by atoms with Crippen molar-refractivity contribution in [1.29, 1.82) is 0 Å². The smallest absolute Gasteiger partial charge is 0.129 e. The lowest BCUT2D eigenvalue weighted by Gasteiger charge is -2.19. The average molecular weight is 261 g/mol. The second-order valence-electron chi connectivity index (χ2n) is 5.58. The Morgan fingerprint density at radius 3 is 2.61 bits per heavy atom. The highest BCUT2D eigenvalue weighted by atomic mass is 32.1. The van der Waals surface area contributed by atoms with E-state index < -0.39 is 0 Å². The standard InChI is InChI=1S/C14H19N3S/c1-9-5-12(14(15)18)6-13(16-9)17-7-10-3-2-4-11(10)8-17/h5-6,10-11H,2-4,7-8H2,1H3,(H2,15,18). The molecule has 1 aromatic heterocycles. The lowest BCUT2D eigenvalue weighted by molar-refractivity contribution is 0.494. The molecule has 3 rings (SSSR count). The van der Waals surface area contributed by atoms with Crippen LogP contribution in [-0.2, 0) is 0 Å². The summed E-state index contributed by atoms with van der Waals surface area (Å²) in [5.74, 6) is 2.80. The summed E-state index contributed by atoms with van der Waals surface area (Å²) < 4.78 is 0. The minimum absolute atomic E-state index is 0.459. The van der Waals surface area contributed by atoms with Gasteiger partial charge in [0.15, 0.2) is 0 Å². The van der Waals surface area contributed by atoms with Gasteiger partial charge in [0, 0.05) is 24.3 Å². The molecule has 1 aliphatic heterocycles. The van der Waals surface area contributed by atoms with Crippen LogP contribution >= 0.6 is 12.2 Å². The van der Waals surface area contributed by atoms with E-state index in [-0.39, 0.29) is 0 Å². The minimum Gasteiger partial charge on any atom is -0.389 e. The molecule has 2 N–H and O–H groups in total. The summed E-state index contributed by atoms with van der Waals surface area (Å²) in [5, 5.41) is 0. The molecular formula is C14H19N3S. The first-order valence-corrected chi connectivity index (χ1v) is 7.08. The van der Waals surface area contributed by atoms with Crippen molar-refractivity contribution < 1.29 is 0 Å². The normalized spacial score (nSPS) is 26.4. The number of nitrogens with zero attached hydrogens (tertiary/aromatic N) is 2. The molecule has 0 bridgehead atoms. The fourth-order valence-electron chi connectivity index (χ4n) is 3.38. The quantitative estimate of drug-likeness (QED) is 0.829. The zero-order valence-electron chi connectivity index (χ0n) is 10.7. The van der Waals surface area contributed by atoms with E-state index in [9.17, 15) is 0 Å². The first-order valence-electron chi connectivity index (χ1n) is 6.67. The van der Waals surface area contributed by atoms with Crippen LogP contribution in [-0.4, -0.2) is 23.1 Å². The third-order valence-electron chi connectivity index (χ3n) is 4.27. The monoisotopic (exact) mass is 261 g/mol. The van der Waals surface area contributed by atoms with Gasteiger partial charge in [0.05, 0.1) is 0 Å². The van der Waals surface area contributed by atoms with Gasteiger partial charge in [-0.2, -0.15) is 0 Å². The lowest BCUT2D eigenvalue weighted by atomic mass is 10.0. The van der Waals surface area contributed by atoms with Crippen molar-refractivity contribution in [1.82, 2.24) is 4.98 Å². The molecule has 0 aromatic carbocycles. The highest BCUT2D eigenvalue weighted by Gasteiger charge is 2.36. The topological polar surface area (TPSA) is 42.1 Å². The molecule has 96 valence electrons. The van der Waals surface area contributed by atoms with Crippen molar-refractivity contribution in [3.05, 3.63) is 23.4 Å². The Morgan fingerprint density at radius 2 is 2.00 bits per heavy atom. The molecule has 0 amide bonds. The van der Waals surface area contributed by atoms with Crippen LogP contribution in [0.5, 0.6) is 0 Å². The SMILES string of the molecule is Cc1cc(C(N)=S)cc(N2CC3CCCC3C2)n1. The van der Waals surface area contributed by atoms with Crippen LogP contribution in [0, 0.1) is 18.8 Å². The number of anilines is 1. The number of hydrogen-bond donors (Lipinski definition) is 1. The van der Waals surface area contributed by atoms with Crippen molar-refractivity contribution in [2.75, 3.05) is 18.0 Å². The maximum absolute atomic E-state index is 5.73. The number of pyridine rings is 1. The Kier molecular flexibility index (Phi) is 2.98. The molecule has 2 atom stereocenters. The van der Waals surface area contributed by atoms with Gasteiger partial charge in [-0.05, 0) is 43.7 Å². The Hall–Kier alpha value is -1.16. The molecule has 18 heavy (non-hydrogen) atoms. The summed E-state index contributed by atoms with van der Waals surface area (Å²) >= 11 is 5.07. The van der Waals surface area contributed by atoms with E-state index in [4.69, 9.17) is 18.0 Å². The molecule has 2 unspecified atom stereocenters. The molecule has 2 heterocycles. The summed E-state index contributed by atoms with van der Waals surface area (Å²) in [6.07, 6.45) is 4.17. The Labute approximate surface area is 113 Å². The Morgan fingerprint density at radius 1 is 1.33 bits per heavy atom. The lowest BCUT2D eigenvalue weighted by Crippen LogP contribution is -2.23. The summed E-state index contributed by atoms with van der Waals surface area (Å²) in [5.41, 5.74) is 7.65. The number of aryl methyl sites for hydroxylation is 1. The second-order valence-corrected chi connectivity index (χ2v) is 6.02. The Balaban J connectivity index is 1.86. The molecule has 1 aromatic rings. The molecule has 2 aliphatic rings. The second kappa shape index (κ2) is 4.50. The van der Waals surface area contributed by atoms with Gasteiger partial charge in [-0.3, -0.25) is 0 Å². The average Bonchev–Trinajstić information content (AvgIpc) is 2.87.